The predicted molar refractivity (Wildman–Crippen MR) is 461 cm³/mol. The van der Waals surface area contributed by atoms with Gasteiger partial charge in [-0.05, 0) is 109 Å². The average Bonchev–Trinajstić information content (AvgIpc) is 2.83. The highest BCUT2D eigenvalue weighted by atomic mass is 14.3. The Morgan fingerprint density at radius 1 is 0.0750 bits per heavy atom. The summed E-state index contributed by atoms with van der Waals surface area (Å²) in [6.07, 6.45) is 0. The molecule has 0 radical (unpaired) electrons. The van der Waals surface area contributed by atoms with Gasteiger partial charge in [0.25, 0.3) is 0 Å². The van der Waals surface area contributed by atoms with Crippen LogP contribution in [0.25, 0.3) is 109 Å². The molecule has 0 aliphatic heterocycles. The smallest absolute Gasteiger partial charge is 0.100 e. The van der Waals surface area contributed by atoms with Crippen LogP contribution in [0.15, 0.2) is 0 Å². The van der Waals surface area contributed by atoms with Crippen molar-refractivity contribution in [1.82, 2.24) is 0 Å². The maximum atomic E-state index is 2.46. The Morgan fingerprint density at radius 2 is 0.188 bits per heavy atom. The van der Waals surface area contributed by atoms with Gasteiger partial charge in [-0.3, -0.25) is 0 Å². The fraction of sp³-hybridized carbons (Fsp3) is 0. The molecule has 11 rings (SSSR count). The second-order valence-electron chi connectivity index (χ2n) is 26.2. The number of hydrogen-bond acceptors (Lipinski definition) is 0. The van der Waals surface area contributed by atoms with Crippen LogP contribution in [0.4, 0.5) is 0 Å². The van der Waals surface area contributed by atoms with Crippen LogP contribution in [-0.2, 0) is 0 Å². The molecule has 0 aromatic heterocycles. The van der Waals surface area contributed by atoms with Gasteiger partial charge in [0.2, 0.25) is 0 Å². The number of hydrogen-bond donors (Lipinski definition) is 0. The zero-order valence-corrected chi connectivity index (χ0v) is 55.0. The molecule has 11 aromatic rings. The van der Waals surface area contributed by atoms with Crippen molar-refractivity contribution in [2.45, 2.75) is 0 Å². The Hall–Kier alpha value is -4.55. The summed E-state index contributed by atoms with van der Waals surface area (Å²) in [6, 6.07) is 0. The Kier molecular flexibility index (Phi) is 13.6. The number of benzene rings is 11. The third kappa shape index (κ3) is 6.95. The zero-order valence-electron chi connectivity index (χ0n) is 55.0. The molecule has 11 aromatic carbocycles. The summed E-state index contributed by atoms with van der Waals surface area (Å²) in [4.78, 5) is 0. The van der Waals surface area contributed by atoms with Gasteiger partial charge < -0.3 is 0 Å². The van der Waals surface area contributed by atoms with Crippen molar-refractivity contribution in [2.24, 2.45) is 0 Å². The summed E-state index contributed by atoms with van der Waals surface area (Å²) in [5, 5.41) is 17.5. The van der Waals surface area contributed by atoms with E-state index in [0.717, 1.165) is 0 Å². The normalized spacial score (nSPS) is 12.0. The molecule has 0 aliphatic rings. The fourth-order valence-corrected chi connectivity index (χ4v) is 17.2. The summed E-state index contributed by atoms with van der Waals surface area (Å²) in [7, 11) is 72.2. The topological polar surface area (TPSA) is 0 Å². The van der Waals surface area contributed by atoms with E-state index in [1.54, 1.807) is 0 Å². The second-order valence-corrected chi connectivity index (χ2v) is 26.2. The molecule has 80 heavy (non-hydrogen) atoms. The first kappa shape index (κ1) is 57.3. The van der Waals surface area contributed by atoms with Gasteiger partial charge >= 0.3 is 0 Å². The molecular weight excluding hydrogens is 925 g/mol. The molecule has 0 bridgehead atoms. The largest absolute Gasteiger partial charge is 0.140 e. The van der Waals surface area contributed by atoms with Crippen LogP contribution in [0.5, 0.6) is 0 Å². The van der Waals surface area contributed by atoms with E-state index in [9.17, 15) is 0 Å². The first-order valence-corrected chi connectivity index (χ1v) is 30.0. The van der Waals surface area contributed by atoms with Gasteiger partial charge in [0.15, 0.2) is 0 Å². The standard InChI is InChI=1S/C50H60B30/c51-21-15(7-5-1-3-11(29(59)23(5)53)39(69)47(77)41(71)13(3)33(63)31(61)9(1)27(57)25(7)55)43(73)49(79)45(75)17(21)19-35(65)37(67)20(38(68)36(19)66)18-22(52)16(44(74)50(80)46(18)76)8-6-2-4-12(30(60)24(6)54)40(70)48(78)42(72)14(4)34(64)32(62)10(2)28(58)26(8)56/h51-80H2. The molecule has 0 fully saturated rings. The summed E-state index contributed by atoms with van der Waals surface area (Å²) in [6.45, 7) is 0. The van der Waals surface area contributed by atoms with Gasteiger partial charge in [-0.1, -0.05) is 142 Å². The van der Waals surface area contributed by atoms with Crippen molar-refractivity contribution in [3.05, 3.63) is 0 Å². The van der Waals surface area contributed by atoms with E-state index in [1.165, 1.54) is 273 Å². The van der Waals surface area contributed by atoms with Crippen LogP contribution in [0.3, 0.4) is 0 Å². The first-order valence-electron chi connectivity index (χ1n) is 30.0. The molecule has 0 unspecified atom stereocenters. The van der Waals surface area contributed by atoms with E-state index in [-0.39, 0.29) is 0 Å². The highest BCUT2D eigenvalue weighted by Crippen LogP contribution is 2.35. The van der Waals surface area contributed by atoms with Crippen LogP contribution in [0, 0.1) is 0 Å². The lowest BCUT2D eigenvalue weighted by atomic mass is 9.54. The minimum Gasteiger partial charge on any atom is -0.100 e. The van der Waals surface area contributed by atoms with Crippen LogP contribution in [-0.4, -0.2) is 235 Å². The Balaban J connectivity index is 1.22. The minimum absolute atomic E-state index is 1.39. The highest BCUT2D eigenvalue weighted by Gasteiger charge is 2.32. The van der Waals surface area contributed by atoms with Crippen LogP contribution in [0.1, 0.15) is 0 Å². The van der Waals surface area contributed by atoms with Gasteiger partial charge in [0.05, 0.1) is 0 Å². The van der Waals surface area contributed by atoms with Crippen molar-refractivity contribution in [3.63, 3.8) is 0 Å². The molecule has 0 amide bonds. The summed E-state index contributed by atoms with van der Waals surface area (Å²) in [5.41, 5.74) is 53.7. The lowest BCUT2D eigenvalue weighted by Gasteiger charge is -2.33. The van der Waals surface area contributed by atoms with Crippen molar-refractivity contribution >= 4 is 464 Å². The van der Waals surface area contributed by atoms with E-state index in [0.29, 0.717) is 0 Å². The van der Waals surface area contributed by atoms with E-state index in [2.05, 4.69) is 235 Å². The van der Waals surface area contributed by atoms with E-state index < -0.39 is 0 Å². The van der Waals surface area contributed by atoms with Crippen LogP contribution in [0.2, 0.25) is 0 Å². The maximum Gasteiger partial charge on any atom is 0.140 e. The van der Waals surface area contributed by atoms with Gasteiger partial charge in [-0.25, -0.2) is 0 Å². The van der Waals surface area contributed by atoms with Gasteiger partial charge in [0.1, 0.15) is 235 Å². The lowest BCUT2D eigenvalue weighted by Crippen LogP contribution is -2.53. The highest BCUT2D eigenvalue weighted by molar-refractivity contribution is 6.79. The molecule has 0 aliphatic carbocycles. The van der Waals surface area contributed by atoms with Crippen molar-refractivity contribution in [1.29, 1.82) is 0 Å². The van der Waals surface area contributed by atoms with Gasteiger partial charge in [-0.2, -0.15) is 0 Å². The molecule has 0 spiro atoms. The molecule has 0 nitrogen and oxygen atoms in total. The molecule has 0 N–H and O–H groups in total. The maximum absolute atomic E-state index is 2.46. The second kappa shape index (κ2) is 19.0. The predicted octanol–water partition coefficient (Wildman–Crippen LogP) is -38.1. The van der Waals surface area contributed by atoms with Crippen molar-refractivity contribution in [3.8, 4) is 44.5 Å². The summed E-state index contributed by atoms with van der Waals surface area (Å²) < 4.78 is 0. The molecule has 350 valence electrons. The monoisotopic (exact) mass is 991 g/mol. The third-order valence-corrected chi connectivity index (χ3v) is 23.5. The fourth-order valence-electron chi connectivity index (χ4n) is 17.2. The van der Waals surface area contributed by atoms with E-state index in [1.807, 2.05) is 0 Å². The molecule has 30 heteroatoms. The third-order valence-electron chi connectivity index (χ3n) is 23.5. The first-order chi connectivity index (χ1) is 37.3. The Bertz CT molecular complexity index is 4430. The van der Waals surface area contributed by atoms with Gasteiger partial charge in [-0.15, -0.1) is 21.9 Å². The molecular formula is C50H60B30. The molecule has 0 heterocycles. The minimum atomic E-state index is 1.39. The summed E-state index contributed by atoms with van der Waals surface area (Å²) >= 11 is 0. The van der Waals surface area contributed by atoms with Crippen LogP contribution >= 0.6 is 0 Å². The Morgan fingerprint density at radius 3 is 0.412 bits per heavy atom. The Labute approximate surface area is 504 Å². The summed E-state index contributed by atoms with van der Waals surface area (Å²) in [5.74, 6) is 0. The van der Waals surface area contributed by atoms with Crippen LogP contribution < -0.4 is 164 Å². The lowest BCUT2D eigenvalue weighted by molar-refractivity contribution is 1.80. The quantitative estimate of drug-likeness (QED) is 0.122. The van der Waals surface area contributed by atoms with Crippen molar-refractivity contribution < 1.29 is 0 Å². The molecule has 0 saturated heterocycles. The number of rotatable bonds is 4. The molecule has 0 saturated carbocycles. The zero-order chi connectivity index (χ0) is 58.9. The molecule has 0 atom stereocenters. The van der Waals surface area contributed by atoms with E-state index in [4.69, 9.17) is 0 Å². The van der Waals surface area contributed by atoms with Crippen molar-refractivity contribution in [2.75, 3.05) is 0 Å². The van der Waals surface area contributed by atoms with Gasteiger partial charge in [0, 0.05) is 0 Å². The SMILES string of the molecule is Bc1c(B)c(-c2c(B)c(B)c(-c3c(B)c(B)c(B)c(-c4c(B)c(B)c5c(B)c(B)c6c(B)c(B)c(B)c7c(B)c(B)c4c5c67)c3B)c(B)c2B)c(B)c(-c2c(B)c(B)c3c(B)c(B)c4c(B)c(B)c(B)c5c(B)c(B)c2c3c45)c1B. The average molecular weight is 985 g/mol. The van der Waals surface area contributed by atoms with E-state index >= 15 is 0 Å².